The van der Waals surface area contributed by atoms with Gasteiger partial charge in [-0.1, -0.05) is 12.1 Å². The lowest BCUT2D eigenvalue weighted by molar-refractivity contribution is -0.148. The third-order valence-corrected chi connectivity index (χ3v) is 4.76. The molecule has 0 bridgehead atoms. The molecule has 12 heteroatoms. The Morgan fingerprint density at radius 1 is 0.647 bits per heavy atom. The van der Waals surface area contributed by atoms with E-state index in [2.05, 4.69) is 10.6 Å². The van der Waals surface area contributed by atoms with Crippen LogP contribution in [-0.2, 0) is 28.4 Å². The van der Waals surface area contributed by atoms with E-state index in [1.165, 1.54) is 14.2 Å². The fraction of sp³-hybridized carbons (Fsp3) is 0.455. The Bertz CT molecular complexity index is 972. The summed E-state index contributed by atoms with van der Waals surface area (Å²) in [6.07, 6.45) is -0.524. The average Bonchev–Trinajstić information content (AvgIpc) is 2.85. The van der Waals surface area contributed by atoms with E-state index in [0.29, 0.717) is 11.5 Å². The maximum absolute atomic E-state index is 5.77. The predicted octanol–water partition coefficient (Wildman–Crippen LogP) is 0.991. The number of fused-ring (bicyclic) bond motifs is 3. The second-order valence-corrected chi connectivity index (χ2v) is 7.16. The van der Waals surface area contributed by atoms with Gasteiger partial charge in [0.15, 0.2) is 51.0 Å². The number of methoxy groups -OCH3 is 2. The molecule has 2 heterocycles. The average molecular weight is 476 g/mol. The van der Waals surface area contributed by atoms with Crippen LogP contribution in [0.1, 0.15) is 0 Å². The fourth-order valence-electron chi connectivity index (χ4n) is 3.32. The lowest BCUT2D eigenvalue weighted by Gasteiger charge is -2.33. The smallest absolute Gasteiger partial charge is 0.191 e. The van der Waals surface area contributed by atoms with Crippen molar-refractivity contribution >= 4 is 11.4 Å². The van der Waals surface area contributed by atoms with Gasteiger partial charge in [-0.2, -0.15) is 0 Å². The maximum Gasteiger partial charge on any atom is 0.191 e. The van der Waals surface area contributed by atoms with E-state index < -0.39 is 0 Å². The molecule has 2 unspecified atom stereocenters. The Kier molecular flexibility index (Phi) is 8.84. The molecule has 0 aromatic heterocycles. The van der Waals surface area contributed by atoms with Crippen molar-refractivity contribution in [2.24, 2.45) is 9.98 Å². The molecule has 0 aliphatic carbocycles. The Morgan fingerprint density at radius 3 is 1.53 bits per heavy atom. The van der Waals surface area contributed by atoms with Gasteiger partial charge in [0.1, 0.15) is 13.6 Å². The van der Waals surface area contributed by atoms with Crippen LogP contribution >= 0.6 is 0 Å². The molecule has 2 N–H and O–H groups in total. The van der Waals surface area contributed by atoms with Gasteiger partial charge in [0.05, 0.1) is 22.1 Å². The lowest BCUT2D eigenvalue weighted by atomic mass is 10.1. The van der Waals surface area contributed by atoms with E-state index in [1.807, 2.05) is 36.4 Å². The van der Waals surface area contributed by atoms with Crippen LogP contribution in [0.25, 0.3) is 0 Å². The van der Waals surface area contributed by atoms with Crippen molar-refractivity contribution in [3.05, 3.63) is 47.1 Å². The summed E-state index contributed by atoms with van der Waals surface area (Å²) < 4.78 is 42.0. The zero-order valence-corrected chi connectivity index (χ0v) is 19.0. The van der Waals surface area contributed by atoms with E-state index in [9.17, 15) is 0 Å². The Morgan fingerprint density at radius 2 is 1.09 bits per heavy atom. The number of hydrogen-bond acceptors (Lipinski definition) is 12. The number of anilines is 2. The van der Waals surface area contributed by atoms with Gasteiger partial charge in [0.2, 0.25) is 0 Å². The van der Waals surface area contributed by atoms with E-state index in [0.717, 1.165) is 22.1 Å². The van der Waals surface area contributed by atoms with Crippen molar-refractivity contribution in [2.45, 2.75) is 12.3 Å². The highest BCUT2D eigenvalue weighted by atomic mass is 16.8. The molecule has 0 saturated heterocycles. The van der Waals surface area contributed by atoms with Crippen LogP contribution in [0, 0.1) is 0 Å². The van der Waals surface area contributed by atoms with Gasteiger partial charge >= 0.3 is 0 Å². The fourth-order valence-corrected chi connectivity index (χ4v) is 3.32. The number of ether oxygens (including phenoxy) is 8. The lowest BCUT2D eigenvalue weighted by Crippen LogP contribution is -2.48. The van der Waals surface area contributed by atoms with Crippen molar-refractivity contribution in [1.29, 1.82) is 0 Å². The first-order chi connectivity index (χ1) is 16.8. The maximum atomic E-state index is 5.77. The van der Waals surface area contributed by atoms with Crippen molar-refractivity contribution in [3.8, 4) is 11.5 Å². The monoisotopic (exact) mass is 476 g/mol. The summed E-state index contributed by atoms with van der Waals surface area (Å²) in [5, 5.41) is 8.51. The molecule has 0 radical (unpaired) electrons. The number of para-hydroxylation sites is 2. The number of benzene rings is 2. The molecule has 2 aromatic rings. The molecule has 0 fully saturated rings. The first-order valence-corrected chi connectivity index (χ1v) is 10.5. The quantitative estimate of drug-likeness (QED) is 0.301. The summed E-state index contributed by atoms with van der Waals surface area (Å²) in [6, 6.07) is 11.4. The molecule has 4 rings (SSSR count). The first-order valence-electron chi connectivity index (χ1n) is 10.5. The molecule has 12 nitrogen and oxygen atoms in total. The SMILES string of the molecule is COCOCOCOc1cc2c(cc1OCOCOCOC)NC1N=c3ccccc3=NC1N2. The van der Waals surface area contributed by atoms with Gasteiger partial charge in [-0.3, -0.25) is 9.98 Å². The summed E-state index contributed by atoms with van der Waals surface area (Å²) in [4.78, 5) is 9.54. The molecule has 0 spiro atoms. The molecular formula is C22H28N4O8. The standard InChI is InChI=1S/C22H28N4O8/c1-27-9-29-11-31-13-33-19-7-17-18(8-20(19)34-14-32-12-30-10-28-2)26-22-21(25-17)23-15-5-3-4-6-16(15)24-22/h3-8,21-22,25-26H,9-14H2,1-2H3. The Hall–Kier alpha value is -3.00. The number of nitrogens with one attached hydrogen (secondary N) is 2. The van der Waals surface area contributed by atoms with Gasteiger partial charge in [-0.15, -0.1) is 0 Å². The zero-order chi connectivity index (χ0) is 23.6. The van der Waals surface area contributed by atoms with Gasteiger partial charge in [0.25, 0.3) is 0 Å². The van der Waals surface area contributed by atoms with Gasteiger partial charge in [-0.05, 0) is 12.1 Å². The molecule has 0 saturated carbocycles. The molecule has 2 aromatic carbocycles. The van der Waals surface area contributed by atoms with Crippen molar-refractivity contribution in [2.75, 3.05) is 65.6 Å². The van der Waals surface area contributed by atoms with Gasteiger partial charge in [0, 0.05) is 26.4 Å². The van der Waals surface area contributed by atoms with Crippen molar-refractivity contribution in [3.63, 3.8) is 0 Å². The highest BCUT2D eigenvalue weighted by Crippen LogP contribution is 2.40. The molecule has 2 aliphatic rings. The van der Waals surface area contributed by atoms with Crippen LogP contribution in [0.2, 0.25) is 0 Å². The zero-order valence-electron chi connectivity index (χ0n) is 19.0. The summed E-state index contributed by atoms with van der Waals surface area (Å²) in [6.45, 7) is 0.208. The van der Waals surface area contributed by atoms with Crippen LogP contribution in [0.5, 0.6) is 11.5 Å². The summed E-state index contributed by atoms with van der Waals surface area (Å²) in [5.74, 6) is 0.903. The van der Waals surface area contributed by atoms with Crippen LogP contribution < -0.4 is 30.8 Å². The minimum Gasteiger partial charge on any atom is -0.463 e. The highest BCUT2D eigenvalue weighted by molar-refractivity contribution is 5.76. The van der Waals surface area contributed by atoms with Crippen molar-refractivity contribution in [1.82, 2.24) is 0 Å². The molecular weight excluding hydrogens is 448 g/mol. The number of nitrogens with zero attached hydrogens (tertiary/aromatic N) is 2. The third kappa shape index (κ3) is 6.32. The molecule has 2 aliphatic heterocycles. The Balaban J connectivity index is 1.46. The van der Waals surface area contributed by atoms with E-state index >= 15 is 0 Å². The summed E-state index contributed by atoms with van der Waals surface area (Å²) in [7, 11) is 3.07. The number of hydrogen-bond donors (Lipinski definition) is 2. The number of rotatable bonds is 14. The van der Waals surface area contributed by atoms with E-state index in [-0.39, 0.29) is 53.1 Å². The predicted molar refractivity (Wildman–Crippen MR) is 119 cm³/mol. The normalized spacial score (nSPS) is 17.7. The van der Waals surface area contributed by atoms with Crippen LogP contribution in [0.4, 0.5) is 11.4 Å². The summed E-state index contributed by atoms with van der Waals surface area (Å²) >= 11 is 0. The second kappa shape index (κ2) is 12.5. The molecule has 184 valence electrons. The van der Waals surface area contributed by atoms with E-state index in [4.69, 9.17) is 47.9 Å². The second-order valence-electron chi connectivity index (χ2n) is 7.16. The topological polar surface area (TPSA) is 123 Å². The van der Waals surface area contributed by atoms with Crippen LogP contribution in [0.15, 0.2) is 46.4 Å². The Labute approximate surface area is 196 Å². The van der Waals surface area contributed by atoms with Crippen LogP contribution in [-0.4, -0.2) is 67.3 Å². The highest BCUT2D eigenvalue weighted by Gasteiger charge is 2.29. The molecule has 0 amide bonds. The largest absolute Gasteiger partial charge is 0.463 e. The minimum atomic E-state index is -0.262. The van der Waals surface area contributed by atoms with Crippen LogP contribution in [0.3, 0.4) is 0 Å². The van der Waals surface area contributed by atoms with Gasteiger partial charge < -0.3 is 48.5 Å². The van der Waals surface area contributed by atoms with Gasteiger partial charge in [-0.25, -0.2) is 0 Å². The third-order valence-electron chi connectivity index (χ3n) is 4.76. The summed E-state index contributed by atoms with van der Waals surface area (Å²) in [5.41, 5.74) is 1.59. The minimum absolute atomic E-state index is 0.0261. The van der Waals surface area contributed by atoms with E-state index in [1.54, 1.807) is 0 Å². The van der Waals surface area contributed by atoms with Crippen molar-refractivity contribution < 1.29 is 37.9 Å². The first kappa shape index (κ1) is 24.1. The molecule has 2 atom stereocenters. The molecule has 34 heavy (non-hydrogen) atoms.